The van der Waals surface area contributed by atoms with Crippen molar-refractivity contribution in [1.29, 1.82) is 0 Å². The van der Waals surface area contributed by atoms with E-state index in [2.05, 4.69) is 12.2 Å². The van der Waals surface area contributed by atoms with Gasteiger partial charge in [-0.15, -0.1) is 11.8 Å². The zero-order valence-corrected chi connectivity index (χ0v) is 21.0. The molecule has 0 aliphatic carbocycles. The van der Waals surface area contributed by atoms with E-state index < -0.39 is 6.04 Å². The van der Waals surface area contributed by atoms with Crippen LogP contribution in [0.4, 0.5) is 0 Å². The second-order valence-corrected chi connectivity index (χ2v) is 9.19. The van der Waals surface area contributed by atoms with E-state index in [4.69, 9.17) is 27.9 Å². The molecule has 0 aromatic heterocycles. The lowest BCUT2D eigenvalue weighted by atomic mass is 10.1. The highest BCUT2D eigenvalue weighted by Gasteiger charge is 2.26. The lowest BCUT2D eigenvalue weighted by Gasteiger charge is -2.29. The first kappa shape index (κ1) is 26.4. The molecule has 0 saturated carbocycles. The third-order valence-electron chi connectivity index (χ3n) is 5.02. The Morgan fingerprint density at radius 2 is 1.84 bits per heavy atom. The Kier molecular flexibility index (Phi) is 11.2. The Bertz CT molecular complexity index is 890. The van der Waals surface area contributed by atoms with Crippen LogP contribution in [0.5, 0.6) is 5.75 Å². The number of amides is 2. The zero-order chi connectivity index (χ0) is 23.5. The molecule has 0 heterocycles. The van der Waals surface area contributed by atoms with Gasteiger partial charge in [-0.05, 0) is 48.7 Å². The van der Waals surface area contributed by atoms with Gasteiger partial charge in [-0.2, -0.15) is 0 Å². The van der Waals surface area contributed by atoms with Crippen molar-refractivity contribution in [2.75, 3.05) is 19.4 Å². The fourth-order valence-electron chi connectivity index (χ4n) is 3.08. The van der Waals surface area contributed by atoms with E-state index in [-0.39, 0.29) is 17.6 Å². The standard InChI is InChI=1S/C24H30Cl2N2O3S/c1-4-5-12-27-24(30)17(2)28(14-18-8-6-9-19(13-18)31-3)23(29)16-32-15-20-21(25)10-7-11-22(20)26/h6-11,13,17H,4-5,12,14-16H2,1-3H3,(H,27,30). The van der Waals surface area contributed by atoms with Crippen molar-refractivity contribution < 1.29 is 14.3 Å². The predicted molar refractivity (Wildman–Crippen MR) is 134 cm³/mol. The number of methoxy groups -OCH3 is 1. The van der Waals surface area contributed by atoms with E-state index in [1.807, 2.05) is 24.3 Å². The average Bonchev–Trinajstić information content (AvgIpc) is 2.79. The molecule has 32 heavy (non-hydrogen) atoms. The number of unbranched alkanes of at least 4 members (excludes halogenated alkanes) is 1. The Labute approximate surface area is 204 Å². The molecule has 0 radical (unpaired) electrons. The molecule has 0 bridgehead atoms. The third-order valence-corrected chi connectivity index (χ3v) is 6.67. The maximum absolute atomic E-state index is 13.2. The highest BCUT2D eigenvalue weighted by molar-refractivity contribution is 7.99. The molecule has 0 saturated heterocycles. The van der Waals surface area contributed by atoms with E-state index in [0.29, 0.717) is 34.6 Å². The first-order valence-corrected chi connectivity index (χ1v) is 12.5. The topological polar surface area (TPSA) is 58.6 Å². The highest BCUT2D eigenvalue weighted by Crippen LogP contribution is 2.28. The summed E-state index contributed by atoms with van der Waals surface area (Å²) in [5, 5.41) is 4.08. The first-order valence-electron chi connectivity index (χ1n) is 10.6. The Hall–Kier alpha value is -1.89. The number of carbonyl (C=O) groups excluding carboxylic acids is 2. The van der Waals surface area contributed by atoms with Crippen LogP contribution in [0.1, 0.15) is 37.8 Å². The fraction of sp³-hybridized carbons (Fsp3) is 0.417. The minimum Gasteiger partial charge on any atom is -0.497 e. The summed E-state index contributed by atoms with van der Waals surface area (Å²) in [5.41, 5.74) is 1.70. The van der Waals surface area contributed by atoms with Gasteiger partial charge < -0.3 is 15.0 Å². The van der Waals surface area contributed by atoms with Gasteiger partial charge in [-0.25, -0.2) is 0 Å². The van der Waals surface area contributed by atoms with Gasteiger partial charge in [0.1, 0.15) is 11.8 Å². The molecule has 1 N–H and O–H groups in total. The van der Waals surface area contributed by atoms with Crippen molar-refractivity contribution in [1.82, 2.24) is 10.2 Å². The summed E-state index contributed by atoms with van der Waals surface area (Å²) in [6, 6.07) is 12.3. The fourth-order valence-corrected chi connectivity index (χ4v) is 4.73. The van der Waals surface area contributed by atoms with Crippen molar-refractivity contribution in [3.05, 3.63) is 63.6 Å². The monoisotopic (exact) mass is 496 g/mol. The van der Waals surface area contributed by atoms with E-state index in [0.717, 1.165) is 24.0 Å². The molecule has 2 aromatic carbocycles. The number of carbonyl (C=O) groups is 2. The van der Waals surface area contributed by atoms with E-state index >= 15 is 0 Å². The minimum atomic E-state index is -0.602. The summed E-state index contributed by atoms with van der Waals surface area (Å²) >= 11 is 13.9. The van der Waals surface area contributed by atoms with Crippen LogP contribution in [0.3, 0.4) is 0 Å². The minimum absolute atomic E-state index is 0.126. The molecule has 0 fully saturated rings. The van der Waals surface area contributed by atoms with Crippen molar-refractivity contribution in [3.63, 3.8) is 0 Å². The number of halogens is 2. The molecule has 8 heteroatoms. The Morgan fingerprint density at radius 3 is 2.50 bits per heavy atom. The number of thioether (sulfide) groups is 1. The van der Waals surface area contributed by atoms with Crippen LogP contribution in [0.25, 0.3) is 0 Å². The van der Waals surface area contributed by atoms with E-state index in [9.17, 15) is 9.59 Å². The number of ether oxygens (including phenoxy) is 1. The van der Waals surface area contributed by atoms with Crippen LogP contribution >= 0.6 is 35.0 Å². The van der Waals surface area contributed by atoms with Gasteiger partial charge in [-0.1, -0.05) is 54.7 Å². The maximum Gasteiger partial charge on any atom is 0.242 e. The number of benzene rings is 2. The molecule has 174 valence electrons. The van der Waals surface area contributed by atoms with Gasteiger partial charge in [0.05, 0.1) is 12.9 Å². The van der Waals surface area contributed by atoms with Gasteiger partial charge in [0.25, 0.3) is 0 Å². The van der Waals surface area contributed by atoms with Gasteiger partial charge in [0.2, 0.25) is 11.8 Å². The Balaban J connectivity index is 2.10. The lowest BCUT2D eigenvalue weighted by molar-refractivity contribution is -0.138. The molecule has 2 amide bonds. The average molecular weight is 497 g/mol. The number of hydrogen-bond acceptors (Lipinski definition) is 4. The van der Waals surface area contributed by atoms with E-state index in [1.165, 1.54) is 11.8 Å². The van der Waals surface area contributed by atoms with Crippen molar-refractivity contribution in [2.24, 2.45) is 0 Å². The van der Waals surface area contributed by atoms with Gasteiger partial charge in [-0.3, -0.25) is 9.59 Å². The van der Waals surface area contributed by atoms with E-state index in [1.54, 1.807) is 37.1 Å². The van der Waals surface area contributed by atoms with Gasteiger partial charge >= 0.3 is 0 Å². The SMILES string of the molecule is CCCCNC(=O)C(C)N(Cc1cccc(OC)c1)C(=O)CSCc1c(Cl)cccc1Cl. The number of nitrogens with one attached hydrogen (secondary N) is 1. The van der Waals surface area contributed by atoms with Gasteiger partial charge in [0.15, 0.2) is 0 Å². The van der Waals surface area contributed by atoms with Crippen molar-refractivity contribution in [3.8, 4) is 5.75 Å². The van der Waals surface area contributed by atoms with Crippen molar-refractivity contribution in [2.45, 2.75) is 45.0 Å². The largest absolute Gasteiger partial charge is 0.497 e. The number of hydrogen-bond donors (Lipinski definition) is 1. The van der Waals surface area contributed by atoms with Crippen LogP contribution in [0.15, 0.2) is 42.5 Å². The quantitative estimate of drug-likeness (QED) is 0.390. The molecule has 2 rings (SSSR count). The molecule has 0 aliphatic heterocycles. The summed E-state index contributed by atoms with van der Waals surface area (Å²) in [7, 11) is 1.60. The first-order chi connectivity index (χ1) is 15.4. The molecule has 1 unspecified atom stereocenters. The highest BCUT2D eigenvalue weighted by atomic mass is 35.5. The lowest BCUT2D eigenvalue weighted by Crippen LogP contribution is -2.48. The summed E-state index contributed by atoms with van der Waals surface area (Å²) in [6.45, 7) is 4.73. The van der Waals surface area contributed by atoms with Crippen LogP contribution < -0.4 is 10.1 Å². The molecule has 2 aromatic rings. The zero-order valence-electron chi connectivity index (χ0n) is 18.7. The third kappa shape index (κ3) is 7.91. The molecular weight excluding hydrogens is 467 g/mol. The Morgan fingerprint density at radius 1 is 1.16 bits per heavy atom. The normalized spacial score (nSPS) is 11.7. The summed E-state index contributed by atoms with van der Waals surface area (Å²) in [5.74, 6) is 1.14. The van der Waals surface area contributed by atoms with Crippen LogP contribution in [0.2, 0.25) is 10.0 Å². The van der Waals surface area contributed by atoms with Crippen LogP contribution in [-0.4, -0.2) is 42.2 Å². The molecule has 1 atom stereocenters. The molecule has 0 spiro atoms. The number of rotatable bonds is 12. The second-order valence-electron chi connectivity index (χ2n) is 7.39. The van der Waals surface area contributed by atoms with Gasteiger partial charge in [0, 0.05) is 28.9 Å². The molecular formula is C24H30Cl2N2O3S. The second kappa shape index (κ2) is 13.6. The smallest absolute Gasteiger partial charge is 0.242 e. The summed E-state index contributed by atoms with van der Waals surface area (Å²) in [6.07, 6.45) is 1.89. The molecule has 5 nitrogen and oxygen atoms in total. The predicted octanol–water partition coefficient (Wildman–Crippen LogP) is 5.57. The van der Waals surface area contributed by atoms with Crippen LogP contribution in [0, 0.1) is 0 Å². The number of nitrogens with zero attached hydrogens (tertiary/aromatic N) is 1. The summed E-state index contributed by atoms with van der Waals surface area (Å²) < 4.78 is 5.29. The summed E-state index contributed by atoms with van der Waals surface area (Å²) in [4.78, 5) is 27.5. The van der Waals surface area contributed by atoms with Crippen molar-refractivity contribution >= 4 is 46.8 Å². The maximum atomic E-state index is 13.2. The molecule has 0 aliphatic rings. The van der Waals surface area contributed by atoms with Crippen LogP contribution in [-0.2, 0) is 21.9 Å².